The fourth-order valence-corrected chi connectivity index (χ4v) is 1.67. The van der Waals surface area contributed by atoms with Crippen LogP contribution < -0.4 is 4.74 Å². The molecule has 0 saturated heterocycles. The van der Waals surface area contributed by atoms with Gasteiger partial charge < -0.3 is 4.74 Å². The van der Waals surface area contributed by atoms with Crippen LogP contribution in [0.4, 0.5) is 4.39 Å². The molecule has 0 spiro atoms. The maximum Gasteiger partial charge on any atom is 0.163 e. The summed E-state index contributed by atoms with van der Waals surface area (Å²) in [6, 6.07) is 2.60. The third-order valence-electron chi connectivity index (χ3n) is 2.30. The molecule has 1 aliphatic carbocycles. The number of fused-ring (bicyclic) bond motifs is 1. The Bertz CT molecular complexity index is 371. The van der Waals surface area contributed by atoms with Gasteiger partial charge in [-0.15, -0.1) is 0 Å². The number of hydrogen-bond donors (Lipinski definition) is 0. The Labute approximate surface area is 75.3 Å². The van der Waals surface area contributed by atoms with Crippen LogP contribution in [0.1, 0.15) is 22.3 Å². The minimum atomic E-state index is -0.411. The van der Waals surface area contributed by atoms with Crippen molar-refractivity contribution in [3.8, 4) is 5.75 Å². The molecule has 1 aromatic carbocycles. The van der Waals surface area contributed by atoms with Gasteiger partial charge in [0.1, 0.15) is 11.6 Å². The average Bonchev–Trinajstić information content (AvgIpc) is 2.47. The number of hydrogen-bond acceptors (Lipinski definition) is 2. The van der Waals surface area contributed by atoms with Gasteiger partial charge in [0.05, 0.1) is 7.11 Å². The van der Waals surface area contributed by atoms with Crippen molar-refractivity contribution in [3.05, 3.63) is 29.1 Å². The molecule has 0 aliphatic heterocycles. The molecule has 0 aromatic heterocycles. The molecular weight excluding hydrogens is 171 g/mol. The summed E-state index contributed by atoms with van der Waals surface area (Å²) in [5.74, 6) is 0.0829. The molecule has 2 rings (SSSR count). The Morgan fingerprint density at radius 1 is 1.38 bits per heavy atom. The van der Waals surface area contributed by atoms with E-state index < -0.39 is 5.82 Å². The number of carbonyl (C=O) groups is 1. The van der Waals surface area contributed by atoms with E-state index in [9.17, 15) is 9.18 Å². The largest absolute Gasteiger partial charge is 0.496 e. The van der Waals surface area contributed by atoms with Gasteiger partial charge in [0, 0.05) is 23.6 Å². The standard InChI is InChI=1S/C10H9FO2/c1-13-10-5-6(11)4-8-7(10)2-3-9(8)12/h4-5H,2-3H2,1H3. The summed E-state index contributed by atoms with van der Waals surface area (Å²) in [6.07, 6.45) is 1.13. The second kappa shape index (κ2) is 2.83. The molecule has 0 unspecified atom stereocenters. The van der Waals surface area contributed by atoms with Crippen molar-refractivity contribution in [1.82, 2.24) is 0 Å². The molecule has 3 heteroatoms. The monoisotopic (exact) mass is 180 g/mol. The third kappa shape index (κ3) is 1.20. The molecule has 1 aromatic rings. The quantitative estimate of drug-likeness (QED) is 0.660. The highest BCUT2D eigenvalue weighted by atomic mass is 19.1. The number of ether oxygens (including phenoxy) is 1. The SMILES string of the molecule is COc1cc(F)cc2c1CCC2=O. The maximum absolute atomic E-state index is 13.0. The van der Waals surface area contributed by atoms with Crippen molar-refractivity contribution >= 4 is 5.78 Å². The number of rotatable bonds is 1. The topological polar surface area (TPSA) is 26.3 Å². The van der Waals surface area contributed by atoms with E-state index in [2.05, 4.69) is 0 Å². The lowest BCUT2D eigenvalue weighted by Crippen LogP contribution is -1.95. The first kappa shape index (κ1) is 8.23. The van der Waals surface area contributed by atoms with Gasteiger partial charge in [-0.3, -0.25) is 4.79 Å². The first-order chi connectivity index (χ1) is 6.22. The fourth-order valence-electron chi connectivity index (χ4n) is 1.67. The van der Waals surface area contributed by atoms with E-state index in [0.29, 0.717) is 24.2 Å². The highest BCUT2D eigenvalue weighted by molar-refractivity contribution is 6.01. The molecule has 1 aliphatic rings. The highest BCUT2D eigenvalue weighted by Gasteiger charge is 2.23. The normalized spacial score (nSPS) is 14.5. The van der Waals surface area contributed by atoms with Crippen molar-refractivity contribution in [2.45, 2.75) is 12.8 Å². The van der Waals surface area contributed by atoms with Gasteiger partial charge in [0.2, 0.25) is 0 Å². The van der Waals surface area contributed by atoms with Crippen LogP contribution >= 0.6 is 0 Å². The zero-order valence-electron chi connectivity index (χ0n) is 7.26. The van der Waals surface area contributed by atoms with Crippen LogP contribution in [0.2, 0.25) is 0 Å². The molecule has 2 nitrogen and oxygen atoms in total. The van der Waals surface area contributed by atoms with E-state index in [-0.39, 0.29) is 5.78 Å². The van der Waals surface area contributed by atoms with Crippen LogP contribution in [0.25, 0.3) is 0 Å². The summed E-state index contributed by atoms with van der Waals surface area (Å²) in [6.45, 7) is 0. The highest BCUT2D eigenvalue weighted by Crippen LogP contribution is 2.31. The molecular formula is C10H9FO2. The third-order valence-corrected chi connectivity index (χ3v) is 2.30. The first-order valence-electron chi connectivity index (χ1n) is 4.12. The van der Waals surface area contributed by atoms with Gasteiger partial charge in [-0.2, -0.15) is 0 Å². The minimum absolute atomic E-state index is 0.00722. The van der Waals surface area contributed by atoms with E-state index >= 15 is 0 Å². The molecule has 0 atom stereocenters. The lowest BCUT2D eigenvalue weighted by atomic mass is 10.1. The Morgan fingerprint density at radius 2 is 2.15 bits per heavy atom. The van der Waals surface area contributed by atoms with Crippen LogP contribution in [0.5, 0.6) is 5.75 Å². The van der Waals surface area contributed by atoms with Crippen molar-refractivity contribution in [2.24, 2.45) is 0 Å². The summed E-state index contributed by atoms with van der Waals surface area (Å²) in [4.78, 5) is 11.3. The summed E-state index contributed by atoms with van der Waals surface area (Å²) in [7, 11) is 1.48. The van der Waals surface area contributed by atoms with Crippen LogP contribution in [-0.4, -0.2) is 12.9 Å². The molecule has 0 N–H and O–H groups in total. The van der Waals surface area contributed by atoms with E-state index in [1.54, 1.807) is 0 Å². The van der Waals surface area contributed by atoms with Gasteiger partial charge in [-0.05, 0) is 12.5 Å². The Morgan fingerprint density at radius 3 is 2.85 bits per heavy atom. The second-order valence-electron chi connectivity index (χ2n) is 3.06. The second-order valence-corrected chi connectivity index (χ2v) is 3.06. The number of benzene rings is 1. The van der Waals surface area contributed by atoms with E-state index in [4.69, 9.17) is 4.74 Å². The van der Waals surface area contributed by atoms with Crippen LogP contribution in [-0.2, 0) is 6.42 Å². The van der Waals surface area contributed by atoms with Gasteiger partial charge in [0.15, 0.2) is 5.78 Å². The van der Waals surface area contributed by atoms with Crippen molar-refractivity contribution in [1.29, 1.82) is 0 Å². The van der Waals surface area contributed by atoms with Gasteiger partial charge >= 0.3 is 0 Å². The number of carbonyl (C=O) groups excluding carboxylic acids is 1. The van der Waals surface area contributed by atoms with Gasteiger partial charge in [-0.1, -0.05) is 0 Å². The van der Waals surface area contributed by atoms with Crippen LogP contribution in [0.3, 0.4) is 0 Å². The Kier molecular flexibility index (Phi) is 1.79. The molecule has 0 bridgehead atoms. The average molecular weight is 180 g/mol. The van der Waals surface area contributed by atoms with E-state index in [0.717, 1.165) is 5.56 Å². The van der Waals surface area contributed by atoms with Crippen molar-refractivity contribution < 1.29 is 13.9 Å². The number of methoxy groups -OCH3 is 1. The molecule has 0 heterocycles. The Balaban J connectivity index is 2.63. The smallest absolute Gasteiger partial charge is 0.163 e. The van der Waals surface area contributed by atoms with E-state index in [1.165, 1.54) is 19.2 Å². The fraction of sp³-hybridized carbons (Fsp3) is 0.300. The van der Waals surface area contributed by atoms with Crippen molar-refractivity contribution in [3.63, 3.8) is 0 Å². The minimum Gasteiger partial charge on any atom is -0.496 e. The first-order valence-corrected chi connectivity index (χ1v) is 4.12. The summed E-state index contributed by atoms with van der Waals surface area (Å²) >= 11 is 0. The Hall–Kier alpha value is -1.38. The predicted octanol–water partition coefficient (Wildman–Crippen LogP) is 1.96. The molecule has 13 heavy (non-hydrogen) atoms. The lowest BCUT2D eigenvalue weighted by Gasteiger charge is -2.05. The summed E-state index contributed by atoms with van der Waals surface area (Å²) in [5, 5.41) is 0. The van der Waals surface area contributed by atoms with E-state index in [1.807, 2.05) is 0 Å². The zero-order valence-corrected chi connectivity index (χ0v) is 7.26. The number of halogens is 1. The number of Topliss-reactive ketones (excluding diaryl/α,β-unsaturated/α-hetero) is 1. The lowest BCUT2D eigenvalue weighted by molar-refractivity contribution is 0.0994. The number of ketones is 1. The molecule has 0 fully saturated rings. The molecule has 0 amide bonds. The molecule has 0 radical (unpaired) electrons. The molecule has 0 saturated carbocycles. The zero-order chi connectivity index (χ0) is 9.42. The van der Waals surface area contributed by atoms with Crippen LogP contribution in [0, 0.1) is 5.82 Å². The summed E-state index contributed by atoms with van der Waals surface area (Å²) < 4.78 is 17.9. The van der Waals surface area contributed by atoms with Crippen molar-refractivity contribution in [2.75, 3.05) is 7.11 Å². The van der Waals surface area contributed by atoms with Gasteiger partial charge in [-0.25, -0.2) is 4.39 Å². The molecule has 68 valence electrons. The predicted molar refractivity (Wildman–Crippen MR) is 45.6 cm³/mol. The van der Waals surface area contributed by atoms with Gasteiger partial charge in [0.25, 0.3) is 0 Å². The summed E-state index contributed by atoms with van der Waals surface area (Å²) in [5.41, 5.74) is 1.32. The van der Waals surface area contributed by atoms with Crippen LogP contribution in [0.15, 0.2) is 12.1 Å². The maximum atomic E-state index is 13.0.